The van der Waals surface area contributed by atoms with E-state index in [4.69, 9.17) is 4.74 Å². The van der Waals surface area contributed by atoms with E-state index >= 15 is 0 Å². The van der Waals surface area contributed by atoms with E-state index in [9.17, 15) is 18.3 Å². The molecule has 6 nitrogen and oxygen atoms in total. The van der Waals surface area contributed by atoms with Gasteiger partial charge in [0.15, 0.2) is 0 Å². The van der Waals surface area contributed by atoms with Crippen molar-refractivity contribution in [1.29, 1.82) is 0 Å². The fourth-order valence-corrected chi connectivity index (χ4v) is 3.71. The first-order valence-corrected chi connectivity index (χ1v) is 7.70. The van der Waals surface area contributed by atoms with Crippen LogP contribution in [0.2, 0.25) is 0 Å². The number of aliphatic hydroxyl groups is 1. The van der Waals surface area contributed by atoms with Gasteiger partial charge in [-0.05, 0) is 26.0 Å². The molecule has 1 aliphatic rings. The van der Waals surface area contributed by atoms with Crippen LogP contribution in [0.3, 0.4) is 0 Å². The molecule has 0 bridgehead atoms. The van der Waals surface area contributed by atoms with Gasteiger partial charge in [-0.25, -0.2) is 13.1 Å². The van der Waals surface area contributed by atoms with Gasteiger partial charge in [-0.15, -0.1) is 0 Å². The molecule has 7 heteroatoms. The van der Waals surface area contributed by atoms with Crippen LogP contribution in [-0.4, -0.2) is 37.2 Å². The summed E-state index contributed by atoms with van der Waals surface area (Å²) in [6, 6.07) is 6.94. The summed E-state index contributed by atoms with van der Waals surface area (Å²) in [4.78, 5) is 11.4. The van der Waals surface area contributed by atoms with Gasteiger partial charge in [0.25, 0.3) is 0 Å². The first kappa shape index (κ1) is 15.0. The molecule has 110 valence electrons. The van der Waals surface area contributed by atoms with Crippen molar-refractivity contribution >= 4 is 16.0 Å². The van der Waals surface area contributed by atoms with E-state index in [-0.39, 0.29) is 11.3 Å². The molecule has 1 aromatic carbocycles. The summed E-state index contributed by atoms with van der Waals surface area (Å²) in [5.41, 5.74) is -1.49. The molecule has 0 radical (unpaired) electrons. The van der Waals surface area contributed by atoms with Crippen LogP contribution in [0.1, 0.15) is 20.3 Å². The van der Waals surface area contributed by atoms with Gasteiger partial charge < -0.3 is 9.84 Å². The maximum absolute atomic E-state index is 12.3. The quantitative estimate of drug-likeness (QED) is 0.789. The number of sulfonamides is 1. The molecule has 0 amide bonds. The van der Waals surface area contributed by atoms with Crippen molar-refractivity contribution in [1.82, 2.24) is 4.72 Å². The van der Waals surface area contributed by atoms with Gasteiger partial charge in [0, 0.05) is 0 Å². The van der Waals surface area contributed by atoms with Crippen molar-refractivity contribution in [2.24, 2.45) is 0 Å². The molecule has 0 aromatic heterocycles. The predicted octanol–water partition coefficient (Wildman–Crippen LogP) is 0.420. The third-order valence-electron chi connectivity index (χ3n) is 3.29. The fraction of sp³-hybridized carbons (Fsp3) is 0.462. The third kappa shape index (κ3) is 3.00. The summed E-state index contributed by atoms with van der Waals surface area (Å²) in [6.07, 6.45) is -0.996. The number of hydrogen-bond donors (Lipinski definition) is 2. The summed E-state index contributed by atoms with van der Waals surface area (Å²) in [7, 11) is -3.78. The normalized spacial score (nSPS) is 30.9. The minimum atomic E-state index is -3.78. The van der Waals surface area contributed by atoms with Gasteiger partial charge >= 0.3 is 5.97 Å². The Balaban J connectivity index is 2.26. The smallest absolute Gasteiger partial charge is 0.309 e. The molecule has 1 heterocycles. The molecule has 1 saturated heterocycles. The van der Waals surface area contributed by atoms with E-state index in [0.717, 1.165) is 0 Å². The highest BCUT2D eigenvalue weighted by Crippen LogP contribution is 2.27. The number of hydrogen-bond acceptors (Lipinski definition) is 5. The van der Waals surface area contributed by atoms with E-state index in [1.165, 1.54) is 19.1 Å². The predicted molar refractivity (Wildman–Crippen MR) is 71.3 cm³/mol. The first-order chi connectivity index (χ1) is 9.22. The van der Waals surface area contributed by atoms with Crippen LogP contribution in [0, 0.1) is 0 Å². The van der Waals surface area contributed by atoms with Crippen molar-refractivity contribution in [2.75, 3.05) is 0 Å². The molecule has 0 unspecified atom stereocenters. The van der Waals surface area contributed by atoms with Crippen molar-refractivity contribution in [2.45, 2.75) is 42.9 Å². The highest BCUT2D eigenvalue weighted by molar-refractivity contribution is 7.89. The fourth-order valence-electron chi connectivity index (χ4n) is 2.28. The van der Waals surface area contributed by atoms with Crippen LogP contribution < -0.4 is 4.72 Å². The van der Waals surface area contributed by atoms with E-state index in [1.54, 1.807) is 25.1 Å². The first-order valence-electron chi connectivity index (χ1n) is 6.21. The van der Waals surface area contributed by atoms with Crippen LogP contribution in [-0.2, 0) is 19.6 Å². The Hall–Kier alpha value is -1.44. The van der Waals surface area contributed by atoms with E-state index in [2.05, 4.69) is 4.72 Å². The lowest BCUT2D eigenvalue weighted by molar-refractivity contribution is -0.171. The number of carbonyl (C=O) groups is 1. The number of ether oxygens (including phenoxy) is 1. The minimum Gasteiger partial charge on any atom is -0.461 e. The van der Waals surface area contributed by atoms with Crippen LogP contribution in [0.25, 0.3) is 0 Å². The number of benzene rings is 1. The van der Waals surface area contributed by atoms with Gasteiger partial charge in [0.2, 0.25) is 10.0 Å². The zero-order chi connectivity index (χ0) is 15.0. The number of esters is 1. The zero-order valence-electron chi connectivity index (χ0n) is 11.2. The molecule has 2 rings (SSSR count). The maximum Gasteiger partial charge on any atom is 0.309 e. The summed E-state index contributed by atoms with van der Waals surface area (Å²) >= 11 is 0. The van der Waals surface area contributed by atoms with Gasteiger partial charge in [0.1, 0.15) is 6.10 Å². The highest BCUT2D eigenvalue weighted by atomic mass is 32.2. The topological polar surface area (TPSA) is 92.7 Å². The maximum atomic E-state index is 12.3. The van der Waals surface area contributed by atoms with Crippen molar-refractivity contribution < 1.29 is 23.1 Å². The second kappa shape index (κ2) is 5.16. The molecule has 3 atom stereocenters. The highest BCUT2D eigenvalue weighted by Gasteiger charge is 2.46. The molecular weight excluding hydrogens is 282 g/mol. The number of cyclic esters (lactones) is 1. The average Bonchev–Trinajstić information content (AvgIpc) is 2.34. The molecule has 2 N–H and O–H groups in total. The van der Waals surface area contributed by atoms with Crippen molar-refractivity contribution in [3.63, 3.8) is 0 Å². The summed E-state index contributed by atoms with van der Waals surface area (Å²) < 4.78 is 31.9. The minimum absolute atomic E-state index is 0.0971. The van der Waals surface area contributed by atoms with Crippen LogP contribution in [0.15, 0.2) is 35.2 Å². The monoisotopic (exact) mass is 299 g/mol. The number of nitrogens with one attached hydrogen (secondary N) is 1. The molecule has 0 spiro atoms. The van der Waals surface area contributed by atoms with E-state index in [0.29, 0.717) is 0 Å². The SMILES string of the molecule is C[C@@H]1OC(=O)C[C@@](C)(O)[C@@H]1NS(=O)(=O)c1ccccc1. The Kier molecular flexibility index (Phi) is 3.86. The Morgan fingerprint density at radius 2 is 1.95 bits per heavy atom. The van der Waals surface area contributed by atoms with E-state index in [1.807, 2.05) is 0 Å². The average molecular weight is 299 g/mol. The van der Waals surface area contributed by atoms with Crippen LogP contribution >= 0.6 is 0 Å². The largest absolute Gasteiger partial charge is 0.461 e. The molecule has 1 aliphatic heterocycles. The second-order valence-electron chi connectivity index (χ2n) is 5.14. The number of carbonyl (C=O) groups excluding carboxylic acids is 1. The van der Waals surface area contributed by atoms with Gasteiger partial charge in [-0.3, -0.25) is 4.79 Å². The summed E-state index contributed by atoms with van der Waals surface area (Å²) in [5.74, 6) is -0.544. The summed E-state index contributed by atoms with van der Waals surface area (Å²) in [6.45, 7) is 2.96. The Bertz CT molecular complexity index is 596. The Labute approximate surface area is 117 Å². The zero-order valence-corrected chi connectivity index (χ0v) is 12.1. The molecule has 1 fully saturated rings. The second-order valence-corrected chi connectivity index (χ2v) is 6.85. The standard InChI is InChI=1S/C13H17NO5S/c1-9-12(13(2,16)8-11(15)19-9)14-20(17,18)10-6-4-3-5-7-10/h3-7,9,12,14,16H,8H2,1-2H3/t9-,12+,13+/m0/s1. The molecule has 0 saturated carbocycles. The number of rotatable bonds is 3. The molecule has 0 aliphatic carbocycles. The molecule has 1 aromatic rings. The Morgan fingerprint density at radius 3 is 2.50 bits per heavy atom. The lowest BCUT2D eigenvalue weighted by atomic mass is 9.88. The lowest BCUT2D eigenvalue weighted by Crippen LogP contribution is -2.61. The summed E-state index contributed by atoms with van der Waals surface area (Å²) in [5, 5.41) is 10.3. The molecule has 20 heavy (non-hydrogen) atoms. The Morgan fingerprint density at radius 1 is 1.35 bits per heavy atom. The molecular formula is C13H17NO5S. The van der Waals surface area contributed by atoms with Gasteiger partial charge in [-0.1, -0.05) is 18.2 Å². The van der Waals surface area contributed by atoms with Crippen LogP contribution in [0.4, 0.5) is 0 Å². The van der Waals surface area contributed by atoms with Crippen molar-refractivity contribution in [3.8, 4) is 0 Å². The lowest BCUT2D eigenvalue weighted by Gasteiger charge is -2.40. The van der Waals surface area contributed by atoms with Crippen LogP contribution in [0.5, 0.6) is 0 Å². The van der Waals surface area contributed by atoms with Gasteiger partial charge in [0.05, 0.1) is 23.0 Å². The van der Waals surface area contributed by atoms with Crippen molar-refractivity contribution in [3.05, 3.63) is 30.3 Å². The third-order valence-corrected chi connectivity index (χ3v) is 4.75. The van der Waals surface area contributed by atoms with Gasteiger partial charge in [-0.2, -0.15) is 0 Å². The van der Waals surface area contributed by atoms with E-state index < -0.39 is 33.7 Å².